The predicted molar refractivity (Wildman–Crippen MR) is 75.3 cm³/mol. The minimum atomic E-state index is -3.65. The van der Waals surface area contributed by atoms with Crippen LogP contribution >= 0.6 is 0 Å². The zero-order valence-electron chi connectivity index (χ0n) is 11.9. The fraction of sp³-hybridized carbons (Fsp3) is 0.538. The first kappa shape index (κ1) is 15.9. The Bertz CT molecular complexity index is 526. The molecule has 0 aliphatic rings. The van der Waals surface area contributed by atoms with Gasteiger partial charge in [0.1, 0.15) is 5.76 Å². The second kappa shape index (κ2) is 5.90. The molecule has 0 unspecified atom stereocenters. The number of hydrogen-bond donors (Lipinski definition) is 1. The smallest absolute Gasteiger partial charge is 0.277 e. The largest absolute Gasteiger partial charge is 0.447 e. The highest BCUT2D eigenvalue weighted by Crippen LogP contribution is 2.25. The Morgan fingerprint density at radius 1 is 1.42 bits per heavy atom. The highest BCUT2D eigenvalue weighted by atomic mass is 32.2. The molecule has 0 spiro atoms. The average molecular weight is 286 g/mol. The molecule has 0 aliphatic carbocycles. The van der Waals surface area contributed by atoms with Crippen LogP contribution in [0, 0.1) is 0 Å². The van der Waals surface area contributed by atoms with Gasteiger partial charge in [0.25, 0.3) is 10.0 Å². The molecule has 0 bridgehead atoms. The van der Waals surface area contributed by atoms with Gasteiger partial charge < -0.3 is 9.73 Å². The van der Waals surface area contributed by atoms with Gasteiger partial charge in [-0.3, -0.25) is 0 Å². The van der Waals surface area contributed by atoms with Gasteiger partial charge in [-0.15, -0.1) is 6.58 Å². The maximum absolute atomic E-state index is 12.6. The van der Waals surface area contributed by atoms with Crippen molar-refractivity contribution in [3.63, 3.8) is 0 Å². The normalized spacial score (nSPS) is 12.9. The lowest BCUT2D eigenvalue weighted by atomic mass is 10.1. The maximum atomic E-state index is 12.6. The van der Waals surface area contributed by atoms with Crippen LogP contribution in [0.4, 0.5) is 0 Å². The van der Waals surface area contributed by atoms with Crippen molar-refractivity contribution >= 4 is 10.0 Å². The van der Waals surface area contributed by atoms with Gasteiger partial charge in [-0.25, -0.2) is 8.42 Å². The van der Waals surface area contributed by atoms with Crippen LogP contribution in [0.15, 0.2) is 34.3 Å². The van der Waals surface area contributed by atoms with E-state index < -0.39 is 15.6 Å². The molecule has 1 rings (SSSR count). The summed E-state index contributed by atoms with van der Waals surface area (Å²) in [5, 5.41) is 2.88. The van der Waals surface area contributed by atoms with Crippen molar-refractivity contribution < 1.29 is 12.8 Å². The summed E-state index contributed by atoms with van der Waals surface area (Å²) >= 11 is 0. The molecule has 0 atom stereocenters. The molecule has 0 saturated heterocycles. The van der Waals surface area contributed by atoms with E-state index in [0.717, 1.165) is 0 Å². The van der Waals surface area contributed by atoms with E-state index in [1.54, 1.807) is 19.2 Å². The number of rotatable bonds is 6. The number of nitrogens with zero attached hydrogens (tertiary/aromatic N) is 1. The summed E-state index contributed by atoms with van der Waals surface area (Å²) in [6.07, 6.45) is 1.57. The second-order valence-corrected chi connectivity index (χ2v) is 7.04. The standard InChI is InChI=1S/C13H22N2O3S/c1-6-9-15(13(2,3)4)19(16,17)12-8-7-11(18-12)10-14-5/h6-8,14H,1,9-10H2,2-5H3. The molecule has 1 aromatic heterocycles. The zero-order chi connectivity index (χ0) is 14.7. The Kier molecular flexibility index (Phi) is 4.95. The van der Waals surface area contributed by atoms with Crippen molar-refractivity contribution in [2.24, 2.45) is 0 Å². The molecular weight excluding hydrogens is 264 g/mol. The third-order valence-electron chi connectivity index (χ3n) is 2.58. The highest BCUT2D eigenvalue weighted by Gasteiger charge is 2.35. The maximum Gasteiger partial charge on any atom is 0.277 e. The van der Waals surface area contributed by atoms with Gasteiger partial charge in [-0.1, -0.05) is 6.08 Å². The van der Waals surface area contributed by atoms with E-state index in [4.69, 9.17) is 4.42 Å². The Morgan fingerprint density at radius 2 is 2.05 bits per heavy atom. The molecule has 1 N–H and O–H groups in total. The number of sulfonamides is 1. The zero-order valence-corrected chi connectivity index (χ0v) is 12.8. The first-order valence-corrected chi connectivity index (χ1v) is 7.54. The van der Waals surface area contributed by atoms with E-state index in [1.165, 1.54) is 10.4 Å². The molecule has 5 nitrogen and oxygen atoms in total. The lowest BCUT2D eigenvalue weighted by Gasteiger charge is -2.32. The van der Waals surface area contributed by atoms with Gasteiger partial charge in [0, 0.05) is 12.1 Å². The van der Waals surface area contributed by atoms with Crippen LogP contribution in [0.2, 0.25) is 0 Å². The molecule has 108 valence electrons. The molecule has 1 aromatic rings. The van der Waals surface area contributed by atoms with Gasteiger partial charge >= 0.3 is 0 Å². The molecule has 1 heterocycles. The molecule has 19 heavy (non-hydrogen) atoms. The van der Waals surface area contributed by atoms with Crippen LogP contribution in [0.5, 0.6) is 0 Å². The van der Waals surface area contributed by atoms with Gasteiger partial charge in [-0.05, 0) is 40.0 Å². The predicted octanol–water partition coefficient (Wildman–Crippen LogP) is 1.97. The molecule has 0 fully saturated rings. The minimum Gasteiger partial charge on any atom is -0.447 e. The van der Waals surface area contributed by atoms with Crippen molar-refractivity contribution in [2.45, 2.75) is 37.9 Å². The topological polar surface area (TPSA) is 62.6 Å². The first-order chi connectivity index (χ1) is 8.73. The quantitative estimate of drug-likeness (QED) is 0.812. The molecule has 0 aromatic carbocycles. The average Bonchev–Trinajstić information content (AvgIpc) is 2.74. The molecule has 0 aliphatic heterocycles. The summed E-state index contributed by atoms with van der Waals surface area (Å²) in [6, 6.07) is 3.15. The highest BCUT2D eigenvalue weighted by molar-refractivity contribution is 7.89. The molecule has 0 radical (unpaired) electrons. The Hall–Kier alpha value is -1.11. The van der Waals surface area contributed by atoms with Gasteiger partial charge in [0.2, 0.25) is 5.09 Å². The van der Waals surface area contributed by atoms with Crippen LogP contribution in [0.3, 0.4) is 0 Å². The fourth-order valence-corrected chi connectivity index (χ4v) is 3.42. The third kappa shape index (κ3) is 3.68. The van der Waals surface area contributed by atoms with Crippen LogP contribution in [-0.2, 0) is 16.6 Å². The fourth-order valence-electron chi connectivity index (χ4n) is 1.72. The van der Waals surface area contributed by atoms with Gasteiger partial charge in [-0.2, -0.15) is 4.31 Å². The summed E-state index contributed by atoms with van der Waals surface area (Å²) in [5.74, 6) is 0.591. The molecular formula is C13H22N2O3S. The lowest BCUT2D eigenvalue weighted by Crippen LogP contribution is -2.45. The van der Waals surface area contributed by atoms with E-state index in [1.807, 2.05) is 20.8 Å². The van der Waals surface area contributed by atoms with Crippen molar-refractivity contribution in [2.75, 3.05) is 13.6 Å². The number of hydrogen-bond acceptors (Lipinski definition) is 4. The van der Waals surface area contributed by atoms with E-state index in [0.29, 0.717) is 12.3 Å². The van der Waals surface area contributed by atoms with E-state index in [9.17, 15) is 8.42 Å². The second-order valence-electron chi connectivity index (χ2n) is 5.25. The lowest BCUT2D eigenvalue weighted by molar-refractivity contribution is 0.260. The Morgan fingerprint density at radius 3 is 2.53 bits per heavy atom. The van der Waals surface area contributed by atoms with Crippen LogP contribution in [0.1, 0.15) is 26.5 Å². The van der Waals surface area contributed by atoms with Crippen LogP contribution in [0.25, 0.3) is 0 Å². The Balaban J connectivity index is 3.15. The summed E-state index contributed by atoms with van der Waals surface area (Å²) in [4.78, 5) is 0. The monoisotopic (exact) mass is 286 g/mol. The van der Waals surface area contributed by atoms with Crippen LogP contribution < -0.4 is 5.32 Å². The van der Waals surface area contributed by atoms with Gasteiger partial charge in [0.05, 0.1) is 6.54 Å². The first-order valence-electron chi connectivity index (χ1n) is 6.10. The van der Waals surface area contributed by atoms with Crippen molar-refractivity contribution in [1.29, 1.82) is 0 Å². The van der Waals surface area contributed by atoms with Crippen molar-refractivity contribution in [1.82, 2.24) is 9.62 Å². The van der Waals surface area contributed by atoms with Crippen molar-refractivity contribution in [3.8, 4) is 0 Å². The summed E-state index contributed by atoms with van der Waals surface area (Å²) < 4.78 is 31.9. The molecule has 0 saturated carbocycles. The summed E-state index contributed by atoms with van der Waals surface area (Å²) in [5.41, 5.74) is -0.539. The van der Waals surface area contributed by atoms with E-state index in [2.05, 4.69) is 11.9 Å². The Labute approximate surface area is 115 Å². The minimum absolute atomic E-state index is 0.0328. The third-order valence-corrected chi connectivity index (χ3v) is 4.58. The molecule has 6 heteroatoms. The SMILES string of the molecule is C=CCN(C(C)(C)C)S(=O)(=O)c1ccc(CNC)o1. The van der Waals surface area contributed by atoms with Crippen molar-refractivity contribution in [3.05, 3.63) is 30.5 Å². The summed E-state index contributed by atoms with van der Waals surface area (Å²) in [6.45, 7) is 9.86. The van der Waals surface area contributed by atoms with E-state index in [-0.39, 0.29) is 11.6 Å². The van der Waals surface area contributed by atoms with Gasteiger partial charge in [0.15, 0.2) is 0 Å². The summed E-state index contributed by atoms with van der Waals surface area (Å²) in [7, 11) is -1.88. The molecule has 0 amide bonds. The number of furan rings is 1. The van der Waals surface area contributed by atoms with Crippen LogP contribution in [-0.4, -0.2) is 31.9 Å². The number of nitrogens with one attached hydrogen (secondary N) is 1. The van der Waals surface area contributed by atoms with E-state index >= 15 is 0 Å².